The van der Waals surface area contributed by atoms with Gasteiger partial charge in [-0.1, -0.05) is 66.7 Å². The molecule has 0 spiro atoms. The quantitative estimate of drug-likeness (QED) is 0.368. The molecule has 4 aromatic rings. The average molecular weight is 338 g/mol. The van der Waals surface area contributed by atoms with Crippen LogP contribution in [-0.2, 0) is 0 Å². The van der Waals surface area contributed by atoms with E-state index in [2.05, 4.69) is 91.9 Å². The van der Waals surface area contributed by atoms with E-state index in [9.17, 15) is 0 Å². The van der Waals surface area contributed by atoms with Crippen molar-refractivity contribution in [1.82, 2.24) is 0 Å². The summed E-state index contributed by atoms with van der Waals surface area (Å²) in [7, 11) is 0. The van der Waals surface area contributed by atoms with Crippen LogP contribution in [0, 0.1) is 6.92 Å². The molecule has 0 saturated carbocycles. The molecular weight excluding hydrogens is 320 g/mol. The smallest absolute Gasteiger partial charge is 0.0373 e. The zero-order valence-corrected chi connectivity index (χ0v) is 14.9. The summed E-state index contributed by atoms with van der Waals surface area (Å²) in [4.78, 5) is 2.81. The number of hydrogen-bond acceptors (Lipinski definition) is 1. The highest BCUT2D eigenvalue weighted by Crippen LogP contribution is 2.42. The lowest BCUT2D eigenvalue weighted by molar-refractivity contribution is 1.09. The molecule has 0 amide bonds. The first-order valence-corrected chi connectivity index (χ1v) is 9.48. The van der Waals surface area contributed by atoms with Gasteiger partial charge in [-0.05, 0) is 58.1 Å². The van der Waals surface area contributed by atoms with Gasteiger partial charge in [-0.25, -0.2) is 0 Å². The Kier molecular flexibility index (Phi) is 3.36. The van der Waals surface area contributed by atoms with E-state index in [4.69, 9.17) is 0 Å². The standard InChI is InChI=1S/C24H18S/c1-16-9-14-24(25-16)23-13-12-22-20(7-4-8-21(22)23)19-11-10-17-5-2-3-6-18(17)15-19/h2-15,23H,1H3. The Labute approximate surface area is 152 Å². The summed E-state index contributed by atoms with van der Waals surface area (Å²) in [5.74, 6) is 0.397. The lowest BCUT2D eigenvalue weighted by Gasteiger charge is -2.13. The van der Waals surface area contributed by atoms with E-state index in [1.807, 2.05) is 11.3 Å². The van der Waals surface area contributed by atoms with Gasteiger partial charge in [-0.3, -0.25) is 0 Å². The number of fused-ring (bicyclic) bond motifs is 2. The van der Waals surface area contributed by atoms with Crippen LogP contribution in [0.25, 0.3) is 28.0 Å². The maximum atomic E-state index is 2.35. The molecule has 1 aliphatic carbocycles. The van der Waals surface area contributed by atoms with Crippen LogP contribution in [0.4, 0.5) is 0 Å². The van der Waals surface area contributed by atoms with Crippen LogP contribution >= 0.6 is 11.3 Å². The van der Waals surface area contributed by atoms with Crippen LogP contribution < -0.4 is 0 Å². The predicted molar refractivity (Wildman–Crippen MR) is 109 cm³/mol. The largest absolute Gasteiger partial charge is 0.145 e. The zero-order valence-electron chi connectivity index (χ0n) is 14.1. The van der Waals surface area contributed by atoms with Gasteiger partial charge in [-0.15, -0.1) is 11.3 Å². The van der Waals surface area contributed by atoms with Gasteiger partial charge in [0.2, 0.25) is 0 Å². The summed E-state index contributed by atoms with van der Waals surface area (Å²) >= 11 is 1.90. The third-order valence-corrected chi connectivity index (χ3v) is 6.14. The molecule has 5 rings (SSSR count). The van der Waals surface area contributed by atoms with Gasteiger partial charge in [0.25, 0.3) is 0 Å². The fourth-order valence-electron chi connectivity index (χ4n) is 3.81. The van der Waals surface area contributed by atoms with Crippen molar-refractivity contribution in [2.75, 3.05) is 0 Å². The van der Waals surface area contributed by atoms with E-state index in [1.54, 1.807) is 0 Å². The number of hydrogen-bond donors (Lipinski definition) is 0. The maximum absolute atomic E-state index is 2.35. The van der Waals surface area contributed by atoms with E-state index in [1.165, 1.54) is 42.8 Å². The van der Waals surface area contributed by atoms with Crippen molar-refractivity contribution in [1.29, 1.82) is 0 Å². The van der Waals surface area contributed by atoms with Crippen molar-refractivity contribution in [3.05, 3.63) is 99.8 Å². The Balaban J connectivity index is 1.64. The third-order valence-electron chi connectivity index (χ3n) is 5.06. The lowest BCUT2D eigenvalue weighted by Crippen LogP contribution is -1.94. The van der Waals surface area contributed by atoms with Crippen LogP contribution in [0.5, 0.6) is 0 Å². The maximum Gasteiger partial charge on any atom is 0.0373 e. The van der Waals surface area contributed by atoms with Crippen LogP contribution in [0.2, 0.25) is 0 Å². The zero-order chi connectivity index (χ0) is 16.8. The Morgan fingerprint density at radius 2 is 1.68 bits per heavy atom. The third kappa shape index (κ3) is 2.43. The van der Waals surface area contributed by atoms with Gasteiger partial charge in [-0.2, -0.15) is 0 Å². The number of thiophene rings is 1. The van der Waals surface area contributed by atoms with Crippen molar-refractivity contribution in [3.8, 4) is 11.1 Å². The van der Waals surface area contributed by atoms with E-state index >= 15 is 0 Å². The molecule has 1 aromatic heterocycles. The van der Waals surface area contributed by atoms with Crippen molar-refractivity contribution >= 4 is 28.2 Å². The second-order valence-corrected chi connectivity index (χ2v) is 7.98. The summed E-state index contributed by atoms with van der Waals surface area (Å²) in [6.07, 6.45) is 4.65. The SMILES string of the molecule is Cc1ccc(C2C=Cc3c(-c4ccc5ccccc5c4)cccc32)s1. The highest BCUT2D eigenvalue weighted by Gasteiger charge is 2.22. The Hall–Kier alpha value is -2.64. The second kappa shape index (κ2) is 5.72. The van der Waals surface area contributed by atoms with E-state index in [-0.39, 0.29) is 0 Å². The van der Waals surface area contributed by atoms with Crippen LogP contribution in [0.1, 0.15) is 26.8 Å². The van der Waals surface area contributed by atoms with Crippen molar-refractivity contribution in [2.24, 2.45) is 0 Å². The summed E-state index contributed by atoms with van der Waals surface area (Å²) in [6.45, 7) is 2.18. The second-order valence-electron chi connectivity index (χ2n) is 6.66. The van der Waals surface area contributed by atoms with E-state index < -0.39 is 0 Å². The number of aryl methyl sites for hydroxylation is 1. The summed E-state index contributed by atoms with van der Waals surface area (Å²) in [5, 5.41) is 2.59. The van der Waals surface area contributed by atoms with Crippen LogP contribution in [0.15, 0.2) is 78.9 Å². The van der Waals surface area contributed by atoms with Gasteiger partial charge < -0.3 is 0 Å². The van der Waals surface area contributed by atoms with Crippen molar-refractivity contribution < 1.29 is 0 Å². The molecule has 1 atom stereocenters. The fourth-order valence-corrected chi connectivity index (χ4v) is 4.79. The molecule has 25 heavy (non-hydrogen) atoms. The predicted octanol–water partition coefficient (Wildman–Crippen LogP) is 7.04. The molecule has 0 nitrogen and oxygen atoms in total. The molecule has 1 unspecified atom stereocenters. The fraction of sp³-hybridized carbons (Fsp3) is 0.0833. The van der Waals surface area contributed by atoms with Crippen LogP contribution in [-0.4, -0.2) is 0 Å². The Morgan fingerprint density at radius 1 is 0.800 bits per heavy atom. The molecule has 1 heterocycles. The molecule has 1 aliphatic rings. The monoisotopic (exact) mass is 338 g/mol. The molecule has 0 N–H and O–H groups in total. The van der Waals surface area contributed by atoms with E-state index in [0.29, 0.717) is 5.92 Å². The number of rotatable bonds is 2. The summed E-state index contributed by atoms with van der Waals surface area (Å²) in [5.41, 5.74) is 5.42. The highest BCUT2D eigenvalue weighted by molar-refractivity contribution is 7.12. The minimum atomic E-state index is 0.397. The number of benzene rings is 3. The van der Waals surface area contributed by atoms with Crippen molar-refractivity contribution in [3.63, 3.8) is 0 Å². The first-order valence-electron chi connectivity index (χ1n) is 8.66. The minimum Gasteiger partial charge on any atom is -0.145 e. The number of allylic oxidation sites excluding steroid dienone is 1. The van der Waals surface area contributed by atoms with Gasteiger partial charge >= 0.3 is 0 Å². The molecule has 120 valence electrons. The van der Waals surface area contributed by atoms with Crippen LogP contribution in [0.3, 0.4) is 0 Å². The molecule has 0 radical (unpaired) electrons. The van der Waals surface area contributed by atoms with Crippen molar-refractivity contribution in [2.45, 2.75) is 12.8 Å². The highest BCUT2D eigenvalue weighted by atomic mass is 32.1. The minimum absolute atomic E-state index is 0.397. The Bertz CT molecular complexity index is 1110. The molecule has 0 bridgehead atoms. The van der Waals surface area contributed by atoms with Gasteiger partial charge in [0, 0.05) is 15.7 Å². The Morgan fingerprint density at radius 3 is 2.52 bits per heavy atom. The van der Waals surface area contributed by atoms with Gasteiger partial charge in [0.1, 0.15) is 0 Å². The molecule has 0 aliphatic heterocycles. The first kappa shape index (κ1) is 14.7. The molecular formula is C24H18S. The van der Waals surface area contributed by atoms with E-state index in [0.717, 1.165) is 0 Å². The molecule has 3 aromatic carbocycles. The molecule has 0 fully saturated rings. The summed E-state index contributed by atoms with van der Waals surface area (Å²) in [6, 6.07) is 26.6. The molecule has 0 saturated heterocycles. The summed E-state index contributed by atoms with van der Waals surface area (Å²) < 4.78 is 0. The van der Waals surface area contributed by atoms with Gasteiger partial charge in [0.15, 0.2) is 0 Å². The van der Waals surface area contributed by atoms with Gasteiger partial charge in [0.05, 0.1) is 0 Å². The lowest BCUT2D eigenvalue weighted by atomic mass is 9.92. The molecule has 1 heteroatoms. The first-order chi connectivity index (χ1) is 12.3. The average Bonchev–Trinajstić information content (AvgIpc) is 3.27. The normalized spacial score (nSPS) is 15.6. The topological polar surface area (TPSA) is 0 Å².